The lowest BCUT2D eigenvalue weighted by Crippen LogP contribution is -2.25. The maximum absolute atomic E-state index is 10.4. The average molecular weight is 239 g/mol. The molecule has 0 fully saturated rings. The molecule has 0 aliphatic heterocycles. The molecule has 7 heteroatoms. The summed E-state index contributed by atoms with van der Waals surface area (Å²) in [6, 6.07) is 0. The normalized spacial score (nSPS) is 8.00. The smallest absolute Gasteiger partial charge is 0.319 e. The van der Waals surface area contributed by atoms with E-state index in [9.17, 15) is 9.59 Å². The molecule has 0 aromatic rings. The van der Waals surface area contributed by atoms with Gasteiger partial charge in [-0.1, -0.05) is 0 Å². The molecule has 0 aromatic heterocycles. The van der Waals surface area contributed by atoms with Crippen LogP contribution in [-0.4, -0.2) is 49.0 Å². The van der Waals surface area contributed by atoms with Gasteiger partial charge in [0.1, 0.15) is 0 Å². The van der Waals surface area contributed by atoms with Crippen LogP contribution in [0.25, 0.3) is 0 Å². The number of aliphatic hydroxyl groups excluding tert-OH is 1. The number of esters is 2. The molecule has 98 valence electrons. The molecule has 0 saturated heterocycles. The lowest BCUT2D eigenvalue weighted by molar-refractivity contribution is -0.142. The molecule has 0 aromatic carbocycles. The summed E-state index contributed by atoms with van der Waals surface area (Å²) >= 11 is 0. The zero-order valence-electron chi connectivity index (χ0n) is 9.91. The van der Waals surface area contributed by atoms with Crippen LogP contribution < -0.4 is 5.32 Å². The van der Waals surface area contributed by atoms with Crippen molar-refractivity contribution in [3.05, 3.63) is 0 Å². The molecule has 0 atom stereocenters. The van der Waals surface area contributed by atoms with Gasteiger partial charge in [-0.3, -0.25) is 14.9 Å². The van der Waals surface area contributed by atoms with Crippen molar-refractivity contribution in [1.29, 1.82) is 0 Å². The third kappa shape index (κ3) is 23.0. The minimum Gasteiger partial charge on any atom is -0.466 e. The van der Waals surface area contributed by atoms with Gasteiger partial charge in [0.25, 0.3) is 0 Å². The Labute approximate surface area is 95.0 Å². The van der Waals surface area contributed by atoms with Crippen molar-refractivity contribution >= 4 is 11.9 Å². The largest absolute Gasteiger partial charge is 0.466 e. The summed E-state index contributed by atoms with van der Waals surface area (Å²) in [7, 11) is 0. The summed E-state index contributed by atoms with van der Waals surface area (Å²) in [6.07, 6.45) is 0. The first-order valence-corrected chi connectivity index (χ1v) is 4.68. The Morgan fingerprint density at radius 1 is 1.19 bits per heavy atom. The van der Waals surface area contributed by atoms with Gasteiger partial charge in [-0.25, -0.2) is 0 Å². The third-order valence-electron chi connectivity index (χ3n) is 1.03. The zero-order valence-corrected chi connectivity index (χ0v) is 9.91. The van der Waals surface area contributed by atoms with Gasteiger partial charge >= 0.3 is 11.9 Å². The van der Waals surface area contributed by atoms with Gasteiger partial charge in [0.05, 0.1) is 26.5 Å². The van der Waals surface area contributed by atoms with Crippen molar-refractivity contribution in [3.8, 4) is 0 Å². The van der Waals surface area contributed by atoms with Crippen LogP contribution in [0, 0.1) is 0 Å². The number of nitrogens with one attached hydrogen (secondary N) is 1. The molecule has 0 heterocycles. The van der Waals surface area contributed by atoms with Crippen LogP contribution in [-0.2, 0) is 19.1 Å². The molecule has 7 nitrogen and oxygen atoms in total. The fourth-order valence-corrected chi connectivity index (χ4v) is 0.573. The topological polar surface area (TPSA) is 116 Å². The SMILES string of the molecule is CCOC(=O)CNCO.CCOC(C)=O.O. The van der Waals surface area contributed by atoms with Crippen molar-refractivity contribution in [1.82, 2.24) is 5.32 Å². The Balaban J connectivity index is -0.000000214. The molecular weight excluding hydrogens is 218 g/mol. The average Bonchev–Trinajstić information content (AvgIpc) is 2.16. The maximum atomic E-state index is 10.4. The molecule has 0 bridgehead atoms. The molecule has 0 spiro atoms. The van der Waals surface area contributed by atoms with E-state index in [4.69, 9.17) is 5.11 Å². The molecule has 0 aliphatic carbocycles. The predicted octanol–water partition coefficient (Wildman–Crippen LogP) is -1.17. The molecule has 16 heavy (non-hydrogen) atoms. The molecule has 0 aliphatic rings. The summed E-state index contributed by atoms with van der Waals surface area (Å²) in [5, 5.41) is 10.6. The van der Waals surface area contributed by atoms with Crippen LogP contribution in [0.5, 0.6) is 0 Å². The monoisotopic (exact) mass is 239 g/mol. The Morgan fingerprint density at radius 2 is 1.69 bits per heavy atom. The van der Waals surface area contributed by atoms with E-state index in [0.29, 0.717) is 13.2 Å². The van der Waals surface area contributed by atoms with Gasteiger partial charge in [0.2, 0.25) is 0 Å². The van der Waals surface area contributed by atoms with Gasteiger partial charge in [-0.2, -0.15) is 0 Å². The Hall–Kier alpha value is -1.18. The van der Waals surface area contributed by atoms with Crippen LogP contribution in [0.1, 0.15) is 20.8 Å². The van der Waals surface area contributed by atoms with Crippen LogP contribution in [0.3, 0.4) is 0 Å². The number of rotatable bonds is 5. The van der Waals surface area contributed by atoms with E-state index in [1.807, 2.05) is 0 Å². The van der Waals surface area contributed by atoms with E-state index in [0.717, 1.165) is 0 Å². The molecule has 0 rings (SSSR count). The second-order valence-electron chi connectivity index (χ2n) is 2.31. The van der Waals surface area contributed by atoms with E-state index in [1.54, 1.807) is 13.8 Å². The lowest BCUT2D eigenvalue weighted by Gasteiger charge is -1.99. The number of carbonyl (C=O) groups excluding carboxylic acids is 2. The maximum Gasteiger partial charge on any atom is 0.319 e. The number of hydrogen-bond acceptors (Lipinski definition) is 6. The standard InChI is InChI=1S/C5H11NO3.C4H8O2.H2O/c1-2-9-5(8)3-6-4-7;1-3-6-4(2)5;/h6-7H,2-4H2,1H3;3H2,1-2H3;1H2. The number of ether oxygens (including phenoxy) is 2. The van der Waals surface area contributed by atoms with E-state index in [1.165, 1.54) is 6.92 Å². The number of carbonyl (C=O) groups is 2. The summed E-state index contributed by atoms with van der Waals surface area (Å²) in [5.74, 6) is -0.552. The van der Waals surface area contributed by atoms with E-state index in [-0.39, 0.29) is 30.7 Å². The molecule has 0 amide bonds. The van der Waals surface area contributed by atoms with Gasteiger partial charge in [0.15, 0.2) is 0 Å². The molecule has 0 saturated carbocycles. The van der Waals surface area contributed by atoms with Crippen molar-refractivity contribution in [3.63, 3.8) is 0 Å². The van der Waals surface area contributed by atoms with Crippen LogP contribution >= 0.6 is 0 Å². The summed E-state index contributed by atoms with van der Waals surface area (Å²) < 4.78 is 8.93. The summed E-state index contributed by atoms with van der Waals surface area (Å²) in [6.45, 7) is 5.65. The van der Waals surface area contributed by atoms with Gasteiger partial charge < -0.3 is 20.1 Å². The quantitative estimate of drug-likeness (QED) is 0.461. The number of aliphatic hydroxyl groups is 1. The fourth-order valence-electron chi connectivity index (χ4n) is 0.573. The second-order valence-corrected chi connectivity index (χ2v) is 2.31. The zero-order chi connectivity index (χ0) is 12.1. The van der Waals surface area contributed by atoms with Crippen LogP contribution in [0.2, 0.25) is 0 Å². The van der Waals surface area contributed by atoms with E-state index < -0.39 is 0 Å². The second kappa shape index (κ2) is 16.3. The predicted molar refractivity (Wildman–Crippen MR) is 57.6 cm³/mol. The Bertz CT molecular complexity index is 173. The Morgan fingerprint density at radius 3 is 1.94 bits per heavy atom. The molecule has 4 N–H and O–H groups in total. The highest BCUT2D eigenvalue weighted by molar-refractivity contribution is 5.71. The van der Waals surface area contributed by atoms with Crippen LogP contribution in [0.4, 0.5) is 0 Å². The lowest BCUT2D eigenvalue weighted by atomic mass is 10.6. The summed E-state index contributed by atoms with van der Waals surface area (Å²) in [4.78, 5) is 20.2. The van der Waals surface area contributed by atoms with Gasteiger partial charge in [-0.15, -0.1) is 0 Å². The first-order valence-electron chi connectivity index (χ1n) is 4.68. The van der Waals surface area contributed by atoms with Gasteiger partial charge in [0, 0.05) is 6.92 Å². The minimum absolute atomic E-state index is 0. The van der Waals surface area contributed by atoms with Crippen molar-refractivity contribution < 1.29 is 29.6 Å². The van der Waals surface area contributed by atoms with Crippen molar-refractivity contribution in [2.24, 2.45) is 0 Å². The molecular formula is C9H21NO6. The molecule has 0 radical (unpaired) electrons. The Kier molecular flexibility index (Phi) is 20.6. The highest BCUT2D eigenvalue weighted by atomic mass is 16.5. The van der Waals surface area contributed by atoms with Gasteiger partial charge in [-0.05, 0) is 13.8 Å². The molecule has 0 unspecified atom stereocenters. The van der Waals surface area contributed by atoms with Crippen molar-refractivity contribution in [2.45, 2.75) is 20.8 Å². The fraction of sp³-hybridized carbons (Fsp3) is 0.778. The third-order valence-corrected chi connectivity index (χ3v) is 1.03. The first-order chi connectivity index (χ1) is 7.08. The first kappa shape index (κ1) is 20.3. The van der Waals surface area contributed by atoms with Crippen molar-refractivity contribution in [2.75, 3.05) is 26.5 Å². The van der Waals surface area contributed by atoms with Crippen LogP contribution in [0.15, 0.2) is 0 Å². The minimum atomic E-state index is -0.341. The number of hydrogen-bond donors (Lipinski definition) is 2. The summed E-state index contributed by atoms with van der Waals surface area (Å²) in [5.41, 5.74) is 0. The van der Waals surface area contributed by atoms with E-state index >= 15 is 0 Å². The van der Waals surface area contributed by atoms with E-state index in [2.05, 4.69) is 14.8 Å². The highest BCUT2D eigenvalue weighted by Crippen LogP contribution is 1.73. The highest BCUT2D eigenvalue weighted by Gasteiger charge is 1.96.